The smallest absolute Gasteiger partial charge is 0.274 e. The minimum Gasteiger partial charge on any atom is -0.505 e. The van der Waals surface area contributed by atoms with Crippen molar-refractivity contribution in [3.05, 3.63) is 53.6 Å². The van der Waals surface area contributed by atoms with E-state index in [1.165, 1.54) is 13.1 Å². The molecule has 0 aromatic carbocycles. The van der Waals surface area contributed by atoms with Gasteiger partial charge in [0.05, 0.1) is 36.6 Å². The maximum atomic E-state index is 12.6. The van der Waals surface area contributed by atoms with Crippen molar-refractivity contribution in [2.45, 2.75) is 19.5 Å². The highest BCUT2D eigenvalue weighted by atomic mass is 16.3. The van der Waals surface area contributed by atoms with E-state index in [1.807, 2.05) is 11.0 Å². The van der Waals surface area contributed by atoms with E-state index in [4.69, 9.17) is 5.26 Å². The predicted octanol–water partition coefficient (Wildman–Crippen LogP) is 0.561. The number of nitrogens with zero attached hydrogens (tertiary/aromatic N) is 6. The average molecular weight is 461 g/mol. The number of carbonyl (C=O) groups excluding carboxylic acids is 2. The van der Waals surface area contributed by atoms with Gasteiger partial charge < -0.3 is 25.3 Å². The van der Waals surface area contributed by atoms with Crippen molar-refractivity contribution in [3.8, 4) is 11.8 Å². The number of nitriles is 1. The Labute approximate surface area is 195 Å². The molecule has 11 heteroatoms. The molecule has 2 amide bonds. The Morgan fingerprint density at radius 3 is 2.79 bits per heavy atom. The van der Waals surface area contributed by atoms with Gasteiger partial charge in [0.1, 0.15) is 17.6 Å². The number of rotatable bonds is 5. The molecule has 1 fully saturated rings. The van der Waals surface area contributed by atoms with Crippen LogP contribution in [0.4, 0.5) is 5.82 Å². The molecule has 1 aliphatic rings. The molecule has 3 N–H and O–H groups in total. The summed E-state index contributed by atoms with van der Waals surface area (Å²) in [5.41, 5.74) is 1.01. The number of hydrogen-bond acceptors (Lipinski definition) is 9. The summed E-state index contributed by atoms with van der Waals surface area (Å²) in [7, 11) is 0. The number of amides is 2. The van der Waals surface area contributed by atoms with Crippen molar-refractivity contribution in [2.24, 2.45) is 0 Å². The number of nitrogens with one attached hydrogen (secondary N) is 1. The van der Waals surface area contributed by atoms with Crippen molar-refractivity contribution >= 4 is 28.5 Å². The van der Waals surface area contributed by atoms with Gasteiger partial charge in [-0.2, -0.15) is 5.26 Å². The van der Waals surface area contributed by atoms with Gasteiger partial charge in [0.25, 0.3) is 5.91 Å². The normalized spacial score (nSPS) is 15.7. The second kappa shape index (κ2) is 9.68. The molecule has 0 spiro atoms. The topological polar surface area (TPSA) is 156 Å². The molecule has 1 aliphatic heterocycles. The maximum Gasteiger partial charge on any atom is 0.274 e. The Hall–Kier alpha value is -4.30. The van der Waals surface area contributed by atoms with E-state index in [9.17, 15) is 19.8 Å². The summed E-state index contributed by atoms with van der Waals surface area (Å²) in [6.07, 6.45) is 1.41. The van der Waals surface area contributed by atoms with Crippen LogP contribution in [0.2, 0.25) is 0 Å². The third-order valence-electron chi connectivity index (χ3n) is 5.69. The van der Waals surface area contributed by atoms with E-state index in [1.54, 1.807) is 35.2 Å². The third-order valence-corrected chi connectivity index (χ3v) is 5.69. The lowest BCUT2D eigenvalue weighted by Crippen LogP contribution is -2.56. The van der Waals surface area contributed by atoms with Crippen LogP contribution in [-0.4, -0.2) is 74.2 Å². The summed E-state index contributed by atoms with van der Waals surface area (Å²) in [5, 5.41) is 32.3. The summed E-state index contributed by atoms with van der Waals surface area (Å²) in [6.45, 7) is 2.85. The second-order valence-corrected chi connectivity index (χ2v) is 7.86. The summed E-state index contributed by atoms with van der Waals surface area (Å²) in [6, 6.07) is 9.91. The molecule has 0 radical (unpaired) electrons. The Bertz CT molecular complexity index is 1290. The second-order valence-electron chi connectivity index (χ2n) is 7.86. The fourth-order valence-electron chi connectivity index (χ4n) is 3.95. The van der Waals surface area contributed by atoms with Crippen LogP contribution in [0.3, 0.4) is 0 Å². The third kappa shape index (κ3) is 4.57. The molecular formula is C23H23N7O4. The van der Waals surface area contributed by atoms with E-state index in [-0.39, 0.29) is 42.2 Å². The quantitative estimate of drug-likeness (QED) is 0.494. The zero-order chi connectivity index (χ0) is 24.2. The summed E-state index contributed by atoms with van der Waals surface area (Å²) >= 11 is 0. The standard InChI is InChI=1S/C23H23N7O4/c1-14(32)30-8-7-29(12-17(30)13-31)20-6-5-18-19(28-20)11-25-21(22(18)33)23(34)26-10-16-4-2-3-15(9-24)27-16/h2-6,11,17,31,33H,7-8,10,12-13H2,1H3,(H,26,34)/t17-/m1/s1. The lowest BCUT2D eigenvalue weighted by Gasteiger charge is -2.40. The number of aliphatic hydroxyl groups is 1. The van der Waals surface area contributed by atoms with E-state index in [2.05, 4.69) is 20.3 Å². The van der Waals surface area contributed by atoms with Crippen molar-refractivity contribution in [1.29, 1.82) is 5.26 Å². The van der Waals surface area contributed by atoms with Crippen LogP contribution in [0.25, 0.3) is 10.9 Å². The lowest BCUT2D eigenvalue weighted by atomic mass is 10.1. The van der Waals surface area contributed by atoms with Crippen LogP contribution in [-0.2, 0) is 11.3 Å². The molecule has 4 heterocycles. The van der Waals surface area contributed by atoms with Crippen LogP contribution in [0.15, 0.2) is 36.5 Å². The Morgan fingerprint density at radius 2 is 2.06 bits per heavy atom. The largest absolute Gasteiger partial charge is 0.505 e. The van der Waals surface area contributed by atoms with Crippen molar-refractivity contribution in [1.82, 2.24) is 25.2 Å². The molecule has 3 aromatic heterocycles. The first kappa shape index (κ1) is 22.9. The molecule has 0 bridgehead atoms. The molecular weight excluding hydrogens is 438 g/mol. The van der Waals surface area contributed by atoms with Gasteiger partial charge in [-0.25, -0.2) is 15.0 Å². The summed E-state index contributed by atoms with van der Waals surface area (Å²) in [4.78, 5) is 40.7. The van der Waals surface area contributed by atoms with Crippen molar-refractivity contribution < 1.29 is 19.8 Å². The number of anilines is 1. The number of hydrogen-bond donors (Lipinski definition) is 3. The highest BCUT2D eigenvalue weighted by molar-refractivity contribution is 6.00. The number of pyridine rings is 3. The lowest BCUT2D eigenvalue weighted by molar-refractivity contribution is -0.132. The molecule has 0 saturated carbocycles. The van der Waals surface area contributed by atoms with E-state index < -0.39 is 5.91 Å². The van der Waals surface area contributed by atoms with E-state index in [0.29, 0.717) is 42.0 Å². The van der Waals surface area contributed by atoms with Gasteiger partial charge in [-0.1, -0.05) is 6.07 Å². The van der Waals surface area contributed by atoms with Gasteiger partial charge in [-0.05, 0) is 24.3 Å². The average Bonchev–Trinajstić information content (AvgIpc) is 2.86. The Morgan fingerprint density at radius 1 is 1.24 bits per heavy atom. The molecule has 34 heavy (non-hydrogen) atoms. The zero-order valence-electron chi connectivity index (χ0n) is 18.5. The van der Waals surface area contributed by atoms with E-state index >= 15 is 0 Å². The SMILES string of the molecule is CC(=O)N1CCN(c2ccc3c(O)c(C(=O)NCc4cccc(C#N)n4)ncc3n2)C[C@@H]1CO. The molecule has 11 nitrogen and oxygen atoms in total. The first-order valence-corrected chi connectivity index (χ1v) is 10.7. The van der Waals surface area contributed by atoms with Crippen LogP contribution in [0.5, 0.6) is 5.75 Å². The van der Waals surface area contributed by atoms with Gasteiger partial charge >= 0.3 is 0 Å². The zero-order valence-corrected chi connectivity index (χ0v) is 18.5. The van der Waals surface area contributed by atoms with Gasteiger partial charge in [0, 0.05) is 31.9 Å². The minimum absolute atomic E-state index is 0.0724. The molecule has 0 aliphatic carbocycles. The maximum absolute atomic E-state index is 12.6. The molecule has 174 valence electrons. The van der Waals surface area contributed by atoms with Crippen LogP contribution in [0.1, 0.15) is 28.8 Å². The number of aromatic nitrogens is 3. The molecule has 1 atom stereocenters. The van der Waals surface area contributed by atoms with Gasteiger partial charge in [-0.15, -0.1) is 0 Å². The summed E-state index contributed by atoms with van der Waals surface area (Å²) < 4.78 is 0. The van der Waals surface area contributed by atoms with Gasteiger partial charge in [-0.3, -0.25) is 9.59 Å². The van der Waals surface area contributed by atoms with Crippen LogP contribution < -0.4 is 10.2 Å². The first-order valence-electron chi connectivity index (χ1n) is 10.7. The fraction of sp³-hybridized carbons (Fsp3) is 0.304. The number of aliphatic hydroxyl groups excluding tert-OH is 1. The summed E-state index contributed by atoms with van der Waals surface area (Å²) in [5.74, 6) is -0.337. The molecule has 0 unspecified atom stereocenters. The van der Waals surface area contributed by atoms with Crippen molar-refractivity contribution in [3.63, 3.8) is 0 Å². The monoisotopic (exact) mass is 461 g/mol. The minimum atomic E-state index is -0.584. The molecule has 1 saturated heterocycles. The number of piperazine rings is 1. The van der Waals surface area contributed by atoms with Gasteiger partial charge in [0.2, 0.25) is 5.91 Å². The number of carbonyl (C=O) groups is 2. The first-order chi connectivity index (χ1) is 16.4. The molecule has 4 rings (SSSR count). The fourth-order valence-corrected chi connectivity index (χ4v) is 3.95. The van der Waals surface area contributed by atoms with Gasteiger partial charge in [0.15, 0.2) is 11.4 Å². The number of aromatic hydroxyl groups is 1. The predicted molar refractivity (Wildman–Crippen MR) is 122 cm³/mol. The van der Waals surface area contributed by atoms with E-state index in [0.717, 1.165) is 0 Å². The highest BCUT2D eigenvalue weighted by Gasteiger charge is 2.29. The number of fused-ring (bicyclic) bond motifs is 1. The van der Waals surface area contributed by atoms with Crippen molar-refractivity contribution in [2.75, 3.05) is 31.1 Å². The molecule has 3 aromatic rings. The van der Waals surface area contributed by atoms with Crippen LogP contribution in [0, 0.1) is 11.3 Å². The highest BCUT2D eigenvalue weighted by Crippen LogP contribution is 2.28. The Balaban J connectivity index is 1.51. The Kier molecular flexibility index (Phi) is 6.51. The van der Waals surface area contributed by atoms with Crippen LogP contribution >= 0.6 is 0 Å².